The highest BCUT2D eigenvalue weighted by Crippen LogP contribution is 2.41. The van der Waals surface area contributed by atoms with Crippen molar-refractivity contribution in [1.29, 1.82) is 0 Å². The lowest BCUT2D eigenvalue weighted by Crippen LogP contribution is -2.15. The van der Waals surface area contributed by atoms with Crippen LogP contribution in [0.2, 0.25) is 10.0 Å². The van der Waals surface area contributed by atoms with E-state index in [1.165, 1.54) is 11.1 Å². The molecule has 0 unspecified atom stereocenters. The van der Waals surface area contributed by atoms with Gasteiger partial charge in [0.05, 0.1) is 10.7 Å². The fraction of sp³-hybridized carbons (Fsp3) is 0.176. The monoisotopic (exact) mass is 319 g/mol. The Morgan fingerprint density at radius 2 is 1.81 bits per heavy atom. The zero-order valence-corrected chi connectivity index (χ0v) is 13.1. The van der Waals surface area contributed by atoms with Gasteiger partial charge in [-0.1, -0.05) is 35.3 Å². The lowest BCUT2D eigenvalue weighted by molar-refractivity contribution is 0.473. The lowest BCUT2D eigenvalue weighted by atomic mass is 9.91. The van der Waals surface area contributed by atoms with Gasteiger partial charge in [0.1, 0.15) is 5.75 Å². The van der Waals surface area contributed by atoms with E-state index in [0.717, 1.165) is 34.8 Å². The van der Waals surface area contributed by atoms with Gasteiger partial charge < -0.3 is 10.4 Å². The van der Waals surface area contributed by atoms with Crippen molar-refractivity contribution in [3.8, 4) is 5.75 Å². The summed E-state index contributed by atoms with van der Waals surface area (Å²) in [5.41, 5.74) is 5.13. The van der Waals surface area contributed by atoms with E-state index >= 15 is 0 Å². The van der Waals surface area contributed by atoms with Crippen LogP contribution in [0.5, 0.6) is 5.75 Å². The number of fused-ring (bicyclic) bond motifs is 1. The number of halogens is 2. The molecule has 0 aliphatic carbocycles. The molecule has 1 aliphatic rings. The Hall–Kier alpha value is -1.64. The van der Waals surface area contributed by atoms with Gasteiger partial charge in [-0.15, -0.1) is 0 Å². The summed E-state index contributed by atoms with van der Waals surface area (Å²) in [6.07, 6.45) is 0.821. The van der Waals surface area contributed by atoms with Crippen LogP contribution in [0.25, 0.3) is 5.57 Å². The van der Waals surface area contributed by atoms with Crippen molar-refractivity contribution >= 4 is 34.5 Å². The third-order valence-electron chi connectivity index (χ3n) is 3.85. The molecule has 0 aromatic heterocycles. The first kappa shape index (κ1) is 14.3. The van der Waals surface area contributed by atoms with Crippen molar-refractivity contribution in [1.82, 2.24) is 0 Å². The van der Waals surface area contributed by atoms with Gasteiger partial charge in [0.2, 0.25) is 0 Å². The van der Waals surface area contributed by atoms with Gasteiger partial charge in [-0.3, -0.25) is 0 Å². The van der Waals surface area contributed by atoms with Gasteiger partial charge in [0.25, 0.3) is 0 Å². The number of anilines is 1. The molecule has 0 atom stereocenters. The van der Waals surface area contributed by atoms with Crippen LogP contribution in [0, 0.1) is 0 Å². The van der Waals surface area contributed by atoms with Crippen LogP contribution in [0.4, 0.5) is 5.69 Å². The number of allylic oxidation sites excluding steroid dienone is 1. The molecule has 0 saturated carbocycles. The van der Waals surface area contributed by atoms with E-state index in [1.807, 2.05) is 31.2 Å². The smallest absolute Gasteiger partial charge is 0.125 e. The van der Waals surface area contributed by atoms with Crippen LogP contribution in [-0.4, -0.2) is 11.7 Å². The van der Waals surface area contributed by atoms with E-state index in [4.69, 9.17) is 23.2 Å². The molecular formula is C17H15Cl2NO. The normalized spacial score (nSPS) is 13.9. The third kappa shape index (κ3) is 2.74. The highest BCUT2D eigenvalue weighted by molar-refractivity contribution is 6.34. The predicted octanol–water partition coefficient (Wildman–Crippen LogP) is 5.14. The van der Waals surface area contributed by atoms with Crippen LogP contribution in [0.3, 0.4) is 0 Å². The Labute approximate surface area is 134 Å². The SMILES string of the molecule is CC1=C(Cc2ccc(Cl)cc2)CNc2c(Cl)ccc(O)c21. The first-order valence-corrected chi connectivity index (χ1v) is 7.50. The second-order valence-corrected chi connectivity index (χ2v) is 6.05. The molecule has 0 radical (unpaired) electrons. The van der Waals surface area contributed by atoms with Crippen LogP contribution in [0.1, 0.15) is 18.1 Å². The zero-order valence-electron chi connectivity index (χ0n) is 11.6. The second-order valence-electron chi connectivity index (χ2n) is 5.20. The highest BCUT2D eigenvalue weighted by Gasteiger charge is 2.21. The molecule has 2 aromatic carbocycles. The van der Waals surface area contributed by atoms with Gasteiger partial charge in [0, 0.05) is 17.1 Å². The molecule has 0 amide bonds. The van der Waals surface area contributed by atoms with Crippen molar-refractivity contribution in [3.05, 3.63) is 63.1 Å². The maximum absolute atomic E-state index is 10.1. The molecule has 1 heterocycles. The predicted molar refractivity (Wildman–Crippen MR) is 89.4 cm³/mol. The molecule has 4 heteroatoms. The van der Waals surface area contributed by atoms with Crippen molar-refractivity contribution < 1.29 is 5.11 Å². The van der Waals surface area contributed by atoms with Gasteiger partial charge in [-0.2, -0.15) is 0 Å². The number of rotatable bonds is 2. The summed E-state index contributed by atoms with van der Waals surface area (Å²) in [6.45, 7) is 2.76. The summed E-state index contributed by atoms with van der Waals surface area (Å²) >= 11 is 12.1. The van der Waals surface area contributed by atoms with E-state index < -0.39 is 0 Å². The van der Waals surface area contributed by atoms with E-state index in [9.17, 15) is 5.11 Å². The number of phenols is 1. The first-order chi connectivity index (χ1) is 10.1. The minimum absolute atomic E-state index is 0.257. The van der Waals surface area contributed by atoms with E-state index in [2.05, 4.69) is 5.32 Å². The second kappa shape index (κ2) is 5.63. The van der Waals surface area contributed by atoms with Crippen molar-refractivity contribution in [2.24, 2.45) is 0 Å². The Balaban J connectivity index is 2.00. The fourth-order valence-electron chi connectivity index (χ4n) is 2.67. The van der Waals surface area contributed by atoms with Gasteiger partial charge in [0.15, 0.2) is 0 Å². The Kier molecular flexibility index (Phi) is 3.83. The van der Waals surface area contributed by atoms with E-state index in [-0.39, 0.29) is 5.75 Å². The molecular weight excluding hydrogens is 305 g/mol. The van der Waals surface area contributed by atoms with E-state index in [1.54, 1.807) is 12.1 Å². The molecule has 2 aromatic rings. The van der Waals surface area contributed by atoms with Crippen LogP contribution in [0.15, 0.2) is 42.0 Å². The summed E-state index contributed by atoms with van der Waals surface area (Å²) in [5.74, 6) is 0.257. The number of nitrogens with one attached hydrogen (secondary N) is 1. The molecule has 0 bridgehead atoms. The average Bonchev–Trinajstić information content (AvgIpc) is 2.47. The van der Waals surface area contributed by atoms with Crippen LogP contribution >= 0.6 is 23.2 Å². The third-order valence-corrected chi connectivity index (χ3v) is 4.41. The van der Waals surface area contributed by atoms with Crippen LogP contribution < -0.4 is 5.32 Å². The summed E-state index contributed by atoms with van der Waals surface area (Å²) in [5, 5.41) is 14.8. The molecule has 1 aliphatic heterocycles. The number of aromatic hydroxyl groups is 1. The van der Waals surface area contributed by atoms with Crippen LogP contribution in [-0.2, 0) is 6.42 Å². The van der Waals surface area contributed by atoms with Crippen molar-refractivity contribution in [3.63, 3.8) is 0 Å². The molecule has 108 valence electrons. The zero-order chi connectivity index (χ0) is 15.0. The summed E-state index contributed by atoms with van der Waals surface area (Å²) in [4.78, 5) is 0. The Morgan fingerprint density at radius 3 is 2.52 bits per heavy atom. The maximum Gasteiger partial charge on any atom is 0.125 e. The molecule has 0 fully saturated rings. The quantitative estimate of drug-likeness (QED) is 0.803. The molecule has 3 rings (SSSR count). The minimum atomic E-state index is 0.257. The number of hydrogen-bond acceptors (Lipinski definition) is 2. The molecule has 21 heavy (non-hydrogen) atoms. The first-order valence-electron chi connectivity index (χ1n) is 6.75. The highest BCUT2D eigenvalue weighted by atomic mass is 35.5. The largest absolute Gasteiger partial charge is 0.507 e. The molecule has 0 saturated heterocycles. The molecule has 2 N–H and O–H groups in total. The average molecular weight is 320 g/mol. The van der Waals surface area contributed by atoms with Crippen molar-refractivity contribution in [2.45, 2.75) is 13.3 Å². The van der Waals surface area contributed by atoms with Crippen molar-refractivity contribution in [2.75, 3.05) is 11.9 Å². The number of benzene rings is 2. The number of phenolic OH excluding ortho intramolecular Hbond substituents is 1. The van der Waals surface area contributed by atoms with Gasteiger partial charge >= 0.3 is 0 Å². The Morgan fingerprint density at radius 1 is 1.10 bits per heavy atom. The van der Waals surface area contributed by atoms with Gasteiger partial charge in [-0.25, -0.2) is 0 Å². The topological polar surface area (TPSA) is 32.3 Å². The van der Waals surface area contributed by atoms with Gasteiger partial charge in [-0.05, 0) is 54.3 Å². The summed E-state index contributed by atoms with van der Waals surface area (Å²) in [6, 6.07) is 11.2. The minimum Gasteiger partial charge on any atom is -0.507 e. The molecule has 2 nitrogen and oxygen atoms in total. The van der Waals surface area contributed by atoms with E-state index in [0.29, 0.717) is 5.02 Å². The number of hydrogen-bond donors (Lipinski definition) is 2. The lowest BCUT2D eigenvalue weighted by Gasteiger charge is -2.25. The fourth-order valence-corrected chi connectivity index (χ4v) is 3.02. The molecule has 0 spiro atoms. The maximum atomic E-state index is 10.1. The Bertz CT molecular complexity index is 720. The standard InChI is InChI=1S/C17H15Cl2NO/c1-10-12(8-11-2-4-13(18)5-3-11)9-20-17-14(19)6-7-15(21)16(10)17/h2-7,20-21H,8-9H2,1H3. The summed E-state index contributed by atoms with van der Waals surface area (Å²) < 4.78 is 0. The summed E-state index contributed by atoms with van der Waals surface area (Å²) in [7, 11) is 0.